The molecule has 0 saturated carbocycles. The van der Waals surface area contributed by atoms with Crippen LogP contribution in [0.3, 0.4) is 0 Å². The highest BCUT2D eigenvalue weighted by atomic mass is 32.2. The van der Waals surface area contributed by atoms with E-state index in [9.17, 15) is 9.90 Å². The van der Waals surface area contributed by atoms with E-state index in [0.717, 1.165) is 18.4 Å². The van der Waals surface area contributed by atoms with Crippen molar-refractivity contribution in [2.75, 3.05) is 5.75 Å². The smallest absolute Gasteiger partial charge is 0.131 e. The van der Waals surface area contributed by atoms with E-state index >= 15 is 0 Å². The van der Waals surface area contributed by atoms with Gasteiger partial charge in [0.05, 0.1) is 18.1 Å². The van der Waals surface area contributed by atoms with Crippen molar-refractivity contribution >= 4 is 17.7 Å². The van der Waals surface area contributed by atoms with Crippen molar-refractivity contribution in [3.05, 3.63) is 52.6 Å². The Morgan fingerprint density at radius 3 is 2.63 bits per heavy atom. The minimum atomic E-state index is -1.17. The number of aryl methyl sites for hydroxylation is 1. The highest BCUT2D eigenvalue weighted by Crippen LogP contribution is 2.46. The Bertz CT molecular complexity index is 906. The minimum absolute atomic E-state index is 0.238. The number of aliphatic carboxylic acids is 1. The Balaban J connectivity index is 1.93. The van der Waals surface area contributed by atoms with Crippen LogP contribution in [0.4, 0.5) is 0 Å². The molecule has 0 radical (unpaired) electrons. The molecule has 0 unspecified atom stereocenters. The average molecular weight is 380 g/mol. The normalized spacial score (nSPS) is 14.8. The van der Waals surface area contributed by atoms with Gasteiger partial charge in [-0.05, 0) is 66.5 Å². The van der Waals surface area contributed by atoms with E-state index in [0.29, 0.717) is 11.4 Å². The quantitative estimate of drug-likeness (QED) is 0.764. The summed E-state index contributed by atoms with van der Waals surface area (Å²) < 4.78 is 0. The van der Waals surface area contributed by atoms with Crippen LogP contribution in [-0.2, 0) is 16.6 Å². The monoisotopic (exact) mass is 379 g/mol. The first kappa shape index (κ1) is 19.4. The third-order valence-corrected chi connectivity index (χ3v) is 6.50. The van der Waals surface area contributed by atoms with Gasteiger partial charge in [0.25, 0.3) is 0 Å². The number of benzene rings is 1. The van der Waals surface area contributed by atoms with Gasteiger partial charge >= 0.3 is 0 Å². The molecular formula is C22H23N2O2S-. The van der Waals surface area contributed by atoms with E-state index < -0.39 is 5.97 Å². The van der Waals surface area contributed by atoms with E-state index in [1.807, 2.05) is 11.8 Å². The molecule has 0 amide bonds. The molecule has 0 aliphatic carbocycles. The standard InChI is InChI=1S/C22H24N2O2S/c1-4-22(5-2)8-9-27-20-10-15(3)16(11-19(20)22)6-7-17-13-24-18(14-23-17)12-21(25)26/h10-11,13-14H,4-5,8-9,12H2,1-3H3,(H,25,26)/p-1. The maximum atomic E-state index is 10.6. The van der Waals surface area contributed by atoms with E-state index in [4.69, 9.17) is 0 Å². The Morgan fingerprint density at radius 1 is 1.22 bits per heavy atom. The zero-order valence-corrected chi connectivity index (χ0v) is 16.8. The van der Waals surface area contributed by atoms with Gasteiger partial charge < -0.3 is 9.90 Å². The van der Waals surface area contributed by atoms with Gasteiger partial charge in [-0.1, -0.05) is 19.8 Å². The molecule has 0 fully saturated rings. The summed E-state index contributed by atoms with van der Waals surface area (Å²) in [6.07, 6.45) is 6.20. The van der Waals surface area contributed by atoms with E-state index in [1.165, 1.54) is 40.6 Å². The van der Waals surface area contributed by atoms with Gasteiger partial charge in [-0.25, -0.2) is 4.98 Å². The molecule has 4 nitrogen and oxygen atoms in total. The summed E-state index contributed by atoms with van der Waals surface area (Å²) in [5.41, 5.74) is 4.76. The third kappa shape index (κ3) is 4.17. The second kappa shape index (κ2) is 8.14. The van der Waals surface area contributed by atoms with Crippen LogP contribution >= 0.6 is 11.8 Å². The summed E-state index contributed by atoms with van der Waals surface area (Å²) in [7, 11) is 0. The zero-order valence-electron chi connectivity index (χ0n) is 16.0. The predicted octanol–water partition coefficient (Wildman–Crippen LogP) is 3.03. The van der Waals surface area contributed by atoms with Crippen LogP contribution in [0, 0.1) is 18.8 Å². The predicted molar refractivity (Wildman–Crippen MR) is 106 cm³/mol. The van der Waals surface area contributed by atoms with E-state index in [2.05, 4.69) is 54.7 Å². The van der Waals surface area contributed by atoms with Crippen molar-refractivity contribution in [1.29, 1.82) is 0 Å². The minimum Gasteiger partial charge on any atom is -0.550 e. The van der Waals surface area contributed by atoms with Crippen molar-refractivity contribution in [2.24, 2.45) is 0 Å². The zero-order chi connectivity index (χ0) is 19.4. The summed E-state index contributed by atoms with van der Waals surface area (Å²) in [6, 6.07) is 4.52. The topological polar surface area (TPSA) is 65.9 Å². The van der Waals surface area contributed by atoms with E-state index in [-0.39, 0.29) is 11.8 Å². The third-order valence-electron chi connectivity index (χ3n) is 5.45. The molecule has 0 spiro atoms. The largest absolute Gasteiger partial charge is 0.550 e. The number of carboxylic acids is 1. The summed E-state index contributed by atoms with van der Waals surface area (Å²) in [6.45, 7) is 6.64. The Kier molecular flexibility index (Phi) is 5.86. The van der Waals surface area contributed by atoms with Gasteiger partial charge in [0.2, 0.25) is 0 Å². The first-order chi connectivity index (χ1) is 13.0. The van der Waals surface area contributed by atoms with Crippen LogP contribution in [0.2, 0.25) is 0 Å². The lowest BCUT2D eigenvalue weighted by Crippen LogP contribution is -2.29. The number of hydrogen-bond donors (Lipinski definition) is 0. The Hall–Kier alpha value is -2.32. The second-order valence-electron chi connectivity index (χ2n) is 6.94. The first-order valence-corrected chi connectivity index (χ1v) is 10.3. The number of aromatic nitrogens is 2. The molecule has 1 aromatic heterocycles. The number of carbonyl (C=O) groups excluding carboxylic acids is 1. The van der Waals surface area contributed by atoms with Gasteiger partial charge in [0, 0.05) is 22.8 Å². The number of thioether (sulfide) groups is 1. The SMILES string of the molecule is CCC1(CC)CCSc2cc(C)c(C#Cc3cnc(CC(=O)[O-])cn3)cc21. The highest BCUT2D eigenvalue weighted by Gasteiger charge is 2.34. The average Bonchev–Trinajstić information content (AvgIpc) is 2.66. The van der Waals surface area contributed by atoms with Crippen molar-refractivity contribution in [3.8, 4) is 11.8 Å². The van der Waals surface area contributed by atoms with Crippen LogP contribution in [0.15, 0.2) is 29.4 Å². The Labute approximate surface area is 164 Å². The number of hydrogen-bond acceptors (Lipinski definition) is 5. The fourth-order valence-electron chi connectivity index (χ4n) is 3.62. The van der Waals surface area contributed by atoms with Gasteiger partial charge in [-0.2, -0.15) is 0 Å². The van der Waals surface area contributed by atoms with Crippen LogP contribution in [-0.4, -0.2) is 21.7 Å². The highest BCUT2D eigenvalue weighted by molar-refractivity contribution is 7.99. The summed E-state index contributed by atoms with van der Waals surface area (Å²) in [5, 5.41) is 10.6. The maximum Gasteiger partial charge on any atom is 0.131 e. The van der Waals surface area contributed by atoms with Crippen LogP contribution < -0.4 is 5.11 Å². The van der Waals surface area contributed by atoms with Crippen molar-refractivity contribution in [2.45, 2.75) is 56.8 Å². The molecule has 140 valence electrons. The van der Waals surface area contributed by atoms with Crippen LogP contribution in [0.25, 0.3) is 0 Å². The van der Waals surface area contributed by atoms with Crippen LogP contribution in [0.1, 0.15) is 61.2 Å². The molecule has 1 aliphatic rings. The fourth-order valence-corrected chi connectivity index (χ4v) is 5.02. The molecule has 0 bridgehead atoms. The lowest BCUT2D eigenvalue weighted by Gasteiger charge is -2.38. The van der Waals surface area contributed by atoms with Crippen molar-refractivity contribution in [1.82, 2.24) is 9.97 Å². The molecule has 2 aromatic rings. The van der Waals surface area contributed by atoms with Crippen LogP contribution in [0.5, 0.6) is 0 Å². The summed E-state index contributed by atoms with van der Waals surface area (Å²) in [5.74, 6) is 6.30. The van der Waals surface area contributed by atoms with Gasteiger partial charge in [0.1, 0.15) is 5.69 Å². The van der Waals surface area contributed by atoms with Crippen molar-refractivity contribution in [3.63, 3.8) is 0 Å². The molecule has 2 heterocycles. The number of rotatable bonds is 4. The van der Waals surface area contributed by atoms with Gasteiger partial charge in [0.15, 0.2) is 0 Å². The van der Waals surface area contributed by atoms with Crippen molar-refractivity contribution < 1.29 is 9.90 Å². The molecule has 0 atom stereocenters. The number of nitrogens with zero attached hydrogens (tertiary/aromatic N) is 2. The molecule has 1 aliphatic heterocycles. The van der Waals surface area contributed by atoms with Gasteiger partial charge in [-0.3, -0.25) is 4.98 Å². The summed E-state index contributed by atoms with van der Waals surface area (Å²) >= 11 is 1.94. The first-order valence-electron chi connectivity index (χ1n) is 9.28. The molecule has 3 rings (SSSR count). The molecule has 1 aromatic carbocycles. The van der Waals surface area contributed by atoms with Gasteiger partial charge in [-0.15, -0.1) is 11.8 Å². The number of fused-ring (bicyclic) bond motifs is 1. The summed E-state index contributed by atoms with van der Waals surface area (Å²) in [4.78, 5) is 20.3. The maximum absolute atomic E-state index is 10.6. The fraction of sp³-hybridized carbons (Fsp3) is 0.409. The molecule has 27 heavy (non-hydrogen) atoms. The van der Waals surface area contributed by atoms with E-state index in [1.54, 1.807) is 0 Å². The number of carbonyl (C=O) groups is 1. The Morgan fingerprint density at radius 2 is 2.00 bits per heavy atom. The molecular weight excluding hydrogens is 356 g/mol. The second-order valence-corrected chi connectivity index (χ2v) is 8.08. The molecule has 0 N–H and O–H groups in total. The molecule has 5 heteroatoms. The lowest BCUT2D eigenvalue weighted by molar-refractivity contribution is -0.304. The molecule has 0 saturated heterocycles. The number of carboxylic acid groups (broad SMARTS) is 1. The lowest BCUT2D eigenvalue weighted by atomic mass is 9.73.